The molecule has 0 amide bonds. The van der Waals surface area contributed by atoms with Gasteiger partial charge in [0.2, 0.25) is 0 Å². The second-order valence-electron chi connectivity index (χ2n) is 16.3. The van der Waals surface area contributed by atoms with E-state index in [9.17, 15) is 9.59 Å². The molecule has 4 unspecified atom stereocenters. The highest BCUT2D eigenvalue weighted by Gasteiger charge is 2.23. The van der Waals surface area contributed by atoms with Gasteiger partial charge in [-0.15, -0.1) is 0 Å². The van der Waals surface area contributed by atoms with Gasteiger partial charge in [0.15, 0.2) is 12.2 Å². The van der Waals surface area contributed by atoms with E-state index < -0.39 is 12.2 Å². The fraction of sp³-hybridized carbons (Fsp3) is 0.680. The van der Waals surface area contributed by atoms with Crippen molar-refractivity contribution >= 4 is 49.4 Å². The van der Waals surface area contributed by atoms with Crippen LogP contribution in [0.15, 0.2) is 46.9 Å². The maximum atomic E-state index is 13.1. The number of benzene rings is 3. The van der Waals surface area contributed by atoms with E-state index in [1.54, 1.807) is 0 Å². The number of esters is 2. The molecular formula is C50H77BrO8. The maximum Gasteiger partial charge on any atom is 0.306 e. The third-order valence-corrected chi connectivity index (χ3v) is 11.7. The summed E-state index contributed by atoms with van der Waals surface area (Å²) in [6.07, 6.45) is 16.7. The molecule has 3 aromatic carbocycles. The van der Waals surface area contributed by atoms with Gasteiger partial charge in [0.05, 0.1) is 13.2 Å². The minimum Gasteiger partial charge on any atom is -0.488 e. The molecule has 0 aliphatic rings. The molecule has 0 radical (unpaired) electrons. The number of rotatable bonds is 34. The van der Waals surface area contributed by atoms with Crippen LogP contribution in [0.25, 0.3) is 21.5 Å². The molecule has 3 rings (SSSR count). The average Bonchev–Trinajstić information content (AvgIpc) is 3.24. The monoisotopic (exact) mass is 884 g/mol. The van der Waals surface area contributed by atoms with Crippen LogP contribution in [0.2, 0.25) is 0 Å². The minimum atomic E-state index is -0.569. The summed E-state index contributed by atoms with van der Waals surface area (Å²) in [4.78, 5) is 26.1. The predicted octanol–water partition coefficient (Wildman–Crippen LogP) is 13.7. The molecule has 332 valence electrons. The summed E-state index contributed by atoms with van der Waals surface area (Å²) >= 11 is 3.70. The Balaban J connectivity index is 1.89. The smallest absolute Gasteiger partial charge is 0.306 e. The molecule has 8 nitrogen and oxygen atoms in total. The van der Waals surface area contributed by atoms with E-state index in [-0.39, 0.29) is 38.4 Å². The highest BCUT2D eigenvalue weighted by atomic mass is 79.9. The fourth-order valence-electron chi connectivity index (χ4n) is 7.38. The quantitative estimate of drug-likeness (QED) is 0.0333. The zero-order chi connectivity index (χ0) is 42.7. The first-order valence-corrected chi connectivity index (χ1v) is 24.0. The van der Waals surface area contributed by atoms with Crippen LogP contribution in [0.3, 0.4) is 0 Å². The van der Waals surface area contributed by atoms with Crippen molar-refractivity contribution in [1.82, 2.24) is 0 Å². The molecule has 3 aromatic rings. The summed E-state index contributed by atoms with van der Waals surface area (Å²) in [5, 5.41) is 3.45. The lowest BCUT2D eigenvalue weighted by atomic mass is 10.0. The minimum absolute atomic E-state index is 0.142. The molecule has 0 aromatic heterocycles. The van der Waals surface area contributed by atoms with Crippen molar-refractivity contribution in [2.45, 2.75) is 169 Å². The van der Waals surface area contributed by atoms with Crippen LogP contribution in [-0.2, 0) is 28.5 Å². The molecule has 4 atom stereocenters. The number of hydrogen-bond donors (Lipinski definition) is 0. The Kier molecular flexibility index (Phi) is 25.8. The highest BCUT2D eigenvalue weighted by Crippen LogP contribution is 2.44. The molecule has 9 heteroatoms. The standard InChI is InChI=1S/C50H77BrO8/c1-7-13-17-19-27-47(52)58-41(34-54-32-38(11-5)23-15-9-3)36-56-49-43-25-21-22-26-44(43)50(46-31-40(51)29-30-45(46)49)57-37-42(59-48(53)28-20-18-14-8-2)35-55-33-39(12-6)24-16-10-4/h21-22,25-26,29-31,38-39,41-42H,7-20,23-24,27-28,32-37H2,1-6H3. The molecule has 0 aliphatic heterocycles. The molecule has 0 aliphatic carbocycles. The molecule has 0 N–H and O–H groups in total. The molecule has 0 heterocycles. The number of hydrogen-bond acceptors (Lipinski definition) is 8. The molecule has 0 saturated carbocycles. The zero-order valence-electron chi connectivity index (χ0n) is 37.5. The Morgan fingerprint density at radius 1 is 0.508 bits per heavy atom. The van der Waals surface area contributed by atoms with E-state index in [2.05, 4.69) is 57.5 Å². The molecule has 59 heavy (non-hydrogen) atoms. The van der Waals surface area contributed by atoms with Gasteiger partial charge in [0.25, 0.3) is 0 Å². The molecule has 0 saturated heterocycles. The van der Waals surface area contributed by atoms with Crippen molar-refractivity contribution in [3.63, 3.8) is 0 Å². The van der Waals surface area contributed by atoms with Crippen LogP contribution >= 0.6 is 15.9 Å². The number of ether oxygens (including phenoxy) is 6. The molecule has 0 fully saturated rings. The van der Waals surface area contributed by atoms with Gasteiger partial charge in [0, 0.05) is 52.1 Å². The SMILES string of the molecule is CCCCCCC(=O)OC(COCC(CC)CCCC)COc1c2ccccc2c(OCC(COCC(CC)CCCC)OC(=O)CCCCCC)c2cc(Br)ccc12. The summed E-state index contributed by atoms with van der Waals surface area (Å²) in [5.74, 6) is 1.87. The van der Waals surface area contributed by atoms with E-state index >= 15 is 0 Å². The van der Waals surface area contributed by atoms with Gasteiger partial charge in [-0.1, -0.05) is 159 Å². The Morgan fingerprint density at radius 3 is 1.39 bits per heavy atom. The van der Waals surface area contributed by atoms with Gasteiger partial charge in [-0.25, -0.2) is 0 Å². The maximum absolute atomic E-state index is 13.1. The Hall–Kier alpha value is -2.88. The zero-order valence-corrected chi connectivity index (χ0v) is 39.1. The van der Waals surface area contributed by atoms with Crippen molar-refractivity contribution in [3.8, 4) is 11.5 Å². The number of fused-ring (bicyclic) bond motifs is 2. The highest BCUT2D eigenvalue weighted by molar-refractivity contribution is 9.10. The van der Waals surface area contributed by atoms with E-state index in [1.807, 2.05) is 42.5 Å². The average molecular weight is 886 g/mol. The van der Waals surface area contributed by atoms with Crippen LogP contribution in [0.4, 0.5) is 0 Å². The van der Waals surface area contributed by atoms with E-state index in [4.69, 9.17) is 28.4 Å². The summed E-state index contributed by atoms with van der Waals surface area (Å²) in [6, 6.07) is 14.1. The lowest BCUT2D eigenvalue weighted by molar-refractivity contribution is -0.155. The van der Waals surface area contributed by atoms with Crippen molar-refractivity contribution < 1.29 is 38.0 Å². The van der Waals surface area contributed by atoms with Gasteiger partial charge in [-0.2, -0.15) is 0 Å². The summed E-state index contributed by atoms with van der Waals surface area (Å²) in [7, 11) is 0. The van der Waals surface area contributed by atoms with Gasteiger partial charge in [-0.05, 0) is 55.7 Å². The van der Waals surface area contributed by atoms with Crippen molar-refractivity contribution in [2.24, 2.45) is 11.8 Å². The van der Waals surface area contributed by atoms with Crippen molar-refractivity contribution in [3.05, 3.63) is 46.9 Å². The summed E-state index contributed by atoms with van der Waals surface area (Å²) in [6.45, 7) is 15.2. The first-order valence-electron chi connectivity index (χ1n) is 23.2. The van der Waals surface area contributed by atoms with Gasteiger partial charge in [0.1, 0.15) is 24.7 Å². The van der Waals surface area contributed by atoms with Crippen molar-refractivity contribution in [2.75, 3.05) is 39.6 Å². The van der Waals surface area contributed by atoms with Crippen LogP contribution in [0.1, 0.15) is 157 Å². The molecular weight excluding hydrogens is 808 g/mol. The Bertz CT molecular complexity index is 1610. The van der Waals surface area contributed by atoms with E-state index in [1.165, 1.54) is 12.8 Å². The largest absolute Gasteiger partial charge is 0.488 e. The van der Waals surface area contributed by atoms with Crippen LogP contribution in [-0.4, -0.2) is 63.8 Å². The normalized spacial score (nSPS) is 13.6. The summed E-state index contributed by atoms with van der Waals surface area (Å²) < 4.78 is 38.9. The van der Waals surface area contributed by atoms with Gasteiger partial charge >= 0.3 is 11.9 Å². The first-order chi connectivity index (χ1) is 28.8. The number of carbonyl (C=O) groups excluding carboxylic acids is 2. The summed E-state index contributed by atoms with van der Waals surface area (Å²) in [5.41, 5.74) is 0. The second kappa shape index (κ2) is 30.2. The fourth-order valence-corrected chi connectivity index (χ4v) is 7.74. The third kappa shape index (κ3) is 18.7. The number of carbonyl (C=O) groups is 2. The van der Waals surface area contributed by atoms with Crippen LogP contribution in [0, 0.1) is 11.8 Å². The number of unbranched alkanes of at least 4 members (excludes halogenated alkanes) is 8. The predicted molar refractivity (Wildman–Crippen MR) is 246 cm³/mol. The lowest BCUT2D eigenvalue weighted by Gasteiger charge is -2.24. The van der Waals surface area contributed by atoms with Gasteiger partial charge in [-0.3, -0.25) is 9.59 Å². The van der Waals surface area contributed by atoms with Crippen LogP contribution in [0.5, 0.6) is 11.5 Å². The first kappa shape index (κ1) is 50.5. The lowest BCUT2D eigenvalue weighted by Crippen LogP contribution is -2.31. The topological polar surface area (TPSA) is 89.5 Å². The van der Waals surface area contributed by atoms with E-state index in [0.29, 0.717) is 49.4 Å². The Labute approximate surface area is 365 Å². The van der Waals surface area contributed by atoms with E-state index in [0.717, 1.165) is 116 Å². The number of halogens is 1. The Morgan fingerprint density at radius 2 is 0.949 bits per heavy atom. The van der Waals surface area contributed by atoms with Crippen LogP contribution < -0.4 is 9.47 Å². The third-order valence-electron chi connectivity index (χ3n) is 11.2. The second-order valence-corrected chi connectivity index (χ2v) is 17.2. The van der Waals surface area contributed by atoms with Gasteiger partial charge < -0.3 is 28.4 Å². The van der Waals surface area contributed by atoms with Crippen molar-refractivity contribution in [1.29, 1.82) is 0 Å². The molecule has 0 spiro atoms. The molecule has 0 bridgehead atoms.